The fourth-order valence-corrected chi connectivity index (χ4v) is 2.60. The number of amides is 2. The number of carbonyl (C=O) groups is 2. The molecule has 2 N–H and O–H groups in total. The molecule has 0 heterocycles. The lowest BCUT2D eigenvalue weighted by atomic mass is 9.95. The molecule has 144 valence electrons. The van der Waals surface area contributed by atoms with Gasteiger partial charge in [0.05, 0.1) is 19.3 Å². The number of carbonyl (C=O) groups excluding carboxylic acids is 2. The Morgan fingerprint density at radius 3 is 2.44 bits per heavy atom. The van der Waals surface area contributed by atoms with E-state index < -0.39 is 23.2 Å². The Bertz CT molecular complexity index is 840. The van der Waals surface area contributed by atoms with Gasteiger partial charge in [0.25, 0.3) is 0 Å². The number of hydrogen-bond acceptors (Lipinski definition) is 4. The van der Waals surface area contributed by atoms with Crippen LogP contribution in [-0.4, -0.2) is 32.6 Å². The van der Waals surface area contributed by atoms with Crippen LogP contribution in [0.3, 0.4) is 0 Å². The number of benzene rings is 2. The second kappa shape index (κ2) is 8.64. The Morgan fingerprint density at radius 2 is 1.81 bits per heavy atom. The molecule has 6 nitrogen and oxygen atoms in total. The van der Waals surface area contributed by atoms with Gasteiger partial charge < -0.3 is 20.1 Å². The van der Waals surface area contributed by atoms with Crippen molar-refractivity contribution in [3.05, 3.63) is 59.4 Å². The van der Waals surface area contributed by atoms with Gasteiger partial charge >= 0.3 is 11.8 Å². The number of hydrogen-bond donors (Lipinski definition) is 2. The molecule has 0 aliphatic rings. The van der Waals surface area contributed by atoms with E-state index in [1.54, 1.807) is 37.3 Å². The summed E-state index contributed by atoms with van der Waals surface area (Å²) in [6, 6.07) is 11.3. The zero-order valence-electron chi connectivity index (χ0n) is 15.8. The largest absolute Gasteiger partial charge is 0.495 e. The number of aryl methyl sites for hydroxylation is 1. The molecule has 0 bridgehead atoms. The monoisotopic (exact) mass is 374 g/mol. The van der Waals surface area contributed by atoms with Crippen LogP contribution in [0, 0.1) is 12.7 Å². The minimum atomic E-state index is -1.12. The van der Waals surface area contributed by atoms with E-state index in [1.165, 1.54) is 20.3 Å². The molecule has 1 unspecified atom stereocenters. The third-order valence-corrected chi connectivity index (χ3v) is 4.29. The molecule has 0 aliphatic carbocycles. The summed E-state index contributed by atoms with van der Waals surface area (Å²) in [5.74, 6) is -1.73. The molecular formula is C20H23FN2O4. The van der Waals surface area contributed by atoms with Gasteiger partial charge in [-0.25, -0.2) is 4.39 Å². The van der Waals surface area contributed by atoms with Crippen LogP contribution in [0.15, 0.2) is 42.5 Å². The predicted octanol–water partition coefficient (Wildman–Crippen LogP) is 2.76. The summed E-state index contributed by atoms with van der Waals surface area (Å²) in [4.78, 5) is 24.4. The van der Waals surface area contributed by atoms with E-state index in [1.807, 2.05) is 13.0 Å². The van der Waals surface area contributed by atoms with Gasteiger partial charge in [-0.2, -0.15) is 0 Å². The maximum absolute atomic E-state index is 14.1. The van der Waals surface area contributed by atoms with Crippen molar-refractivity contribution in [3.8, 4) is 5.75 Å². The van der Waals surface area contributed by atoms with Crippen LogP contribution in [0.4, 0.5) is 10.1 Å². The van der Waals surface area contributed by atoms with Crippen molar-refractivity contribution in [2.24, 2.45) is 0 Å². The van der Waals surface area contributed by atoms with Crippen LogP contribution in [0.5, 0.6) is 5.75 Å². The fourth-order valence-electron chi connectivity index (χ4n) is 2.60. The molecule has 0 spiro atoms. The van der Waals surface area contributed by atoms with E-state index in [9.17, 15) is 14.0 Å². The highest BCUT2D eigenvalue weighted by molar-refractivity contribution is 6.39. The van der Waals surface area contributed by atoms with Gasteiger partial charge in [-0.1, -0.05) is 24.3 Å². The lowest BCUT2D eigenvalue weighted by Crippen LogP contribution is -2.44. The Balaban J connectivity index is 2.07. The van der Waals surface area contributed by atoms with Gasteiger partial charge in [0, 0.05) is 12.7 Å². The van der Waals surface area contributed by atoms with Crippen molar-refractivity contribution in [1.82, 2.24) is 5.32 Å². The lowest BCUT2D eigenvalue weighted by molar-refractivity contribution is -0.137. The molecular weight excluding hydrogens is 351 g/mol. The van der Waals surface area contributed by atoms with Crippen molar-refractivity contribution in [2.45, 2.75) is 19.4 Å². The zero-order chi connectivity index (χ0) is 20.0. The van der Waals surface area contributed by atoms with Crippen LogP contribution in [0.25, 0.3) is 0 Å². The highest BCUT2D eigenvalue weighted by atomic mass is 19.1. The zero-order valence-corrected chi connectivity index (χ0v) is 15.8. The van der Waals surface area contributed by atoms with E-state index in [2.05, 4.69) is 10.6 Å². The summed E-state index contributed by atoms with van der Waals surface area (Å²) >= 11 is 0. The van der Waals surface area contributed by atoms with Crippen LogP contribution >= 0.6 is 0 Å². The topological polar surface area (TPSA) is 76.7 Å². The molecule has 2 aromatic carbocycles. The first kappa shape index (κ1) is 20.4. The summed E-state index contributed by atoms with van der Waals surface area (Å²) in [6.45, 7) is 3.41. The van der Waals surface area contributed by atoms with E-state index in [-0.39, 0.29) is 12.1 Å². The van der Waals surface area contributed by atoms with E-state index in [4.69, 9.17) is 9.47 Å². The Labute approximate surface area is 157 Å². The quantitative estimate of drug-likeness (QED) is 0.763. The van der Waals surface area contributed by atoms with Gasteiger partial charge in [-0.3, -0.25) is 9.59 Å². The summed E-state index contributed by atoms with van der Waals surface area (Å²) < 4.78 is 24.7. The van der Waals surface area contributed by atoms with Gasteiger partial charge in [-0.15, -0.1) is 0 Å². The van der Waals surface area contributed by atoms with E-state index >= 15 is 0 Å². The molecule has 0 saturated carbocycles. The molecule has 27 heavy (non-hydrogen) atoms. The van der Waals surface area contributed by atoms with Crippen molar-refractivity contribution in [3.63, 3.8) is 0 Å². The molecule has 1 atom stereocenters. The Kier molecular flexibility index (Phi) is 6.52. The van der Waals surface area contributed by atoms with E-state index in [0.29, 0.717) is 11.4 Å². The third-order valence-electron chi connectivity index (χ3n) is 4.29. The second-order valence-corrected chi connectivity index (χ2v) is 6.26. The summed E-state index contributed by atoms with van der Waals surface area (Å²) in [7, 11) is 2.88. The average Bonchev–Trinajstić information content (AvgIpc) is 2.66. The summed E-state index contributed by atoms with van der Waals surface area (Å²) in [5, 5.41) is 5.01. The fraction of sp³-hybridized carbons (Fsp3) is 0.300. The van der Waals surface area contributed by atoms with Crippen LogP contribution in [0.1, 0.15) is 18.1 Å². The van der Waals surface area contributed by atoms with E-state index in [0.717, 1.165) is 5.56 Å². The minimum Gasteiger partial charge on any atom is -0.495 e. The number of halogens is 1. The first-order valence-electron chi connectivity index (χ1n) is 8.34. The molecule has 0 aliphatic heterocycles. The summed E-state index contributed by atoms with van der Waals surface area (Å²) in [6.07, 6.45) is 0. The van der Waals surface area contributed by atoms with Gasteiger partial charge in [0.15, 0.2) is 0 Å². The number of nitrogens with one attached hydrogen (secondary N) is 2. The normalized spacial score (nSPS) is 12.8. The molecule has 2 amide bonds. The highest BCUT2D eigenvalue weighted by Gasteiger charge is 2.30. The molecule has 0 aromatic heterocycles. The van der Waals surface area contributed by atoms with Gasteiger partial charge in [0.2, 0.25) is 0 Å². The Hall–Kier alpha value is -2.93. The van der Waals surface area contributed by atoms with Gasteiger partial charge in [0.1, 0.15) is 17.2 Å². The number of anilines is 1. The maximum atomic E-state index is 14.1. The number of methoxy groups -OCH3 is 2. The van der Waals surface area contributed by atoms with Crippen molar-refractivity contribution < 1.29 is 23.5 Å². The predicted molar refractivity (Wildman–Crippen MR) is 100 cm³/mol. The van der Waals surface area contributed by atoms with Crippen LogP contribution in [0.2, 0.25) is 0 Å². The molecule has 0 radical (unpaired) electrons. The number of ether oxygens (including phenoxy) is 2. The smallest absolute Gasteiger partial charge is 0.313 e. The highest BCUT2D eigenvalue weighted by Crippen LogP contribution is 2.27. The first-order valence-corrected chi connectivity index (χ1v) is 8.34. The second-order valence-electron chi connectivity index (χ2n) is 6.26. The molecule has 7 heteroatoms. The first-order chi connectivity index (χ1) is 12.8. The molecule has 0 saturated heterocycles. The van der Waals surface area contributed by atoms with Crippen LogP contribution in [-0.2, 0) is 19.9 Å². The van der Waals surface area contributed by atoms with Crippen molar-refractivity contribution in [2.75, 3.05) is 26.1 Å². The standard InChI is InChI=1S/C20H23FN2O4/c1-13-9-10-17(26-3)16(11-13)23-19(25)18(24)22-12-20(2,27-4)14-7-5-6-8-15(14)21/h5-11H,12H2,1-4H3,(H,22,24)(H,23,25). The Morgan fingerprint density at radius 1 is 1.11 bits per heavy atom. The van der Waals surface area contributed by atoms with Crippen LogP contribution < -0.4 is 15.4 Å². The van der Waals surface area contributed by atoms with Crippen molar-refractivity contribution in [1.29, 1.82) is 0 Å². The average molecular weight is 374 g/mol. The lowest BCUT2D eigenvalue weighted by Gasteiger charge is -2.29. The molecule has 2 aromatic rings. The molecule has 2 rings (SSSR count). The summed E-state index contributed by atoms with van der Waals surface area (Å²) in [5.41, 5.74) is 0.454. The molecule has 0 fully saturated rings. The van der Waals surface area contributed by atoms with Crippen molar-refractivity contribution >= 4 is 17.5 Å². The number of rotatable bonds is 6. The van der Waals surface area contributed by atoms with Gasteiger partial charge in [-0.05, 0) is 37.6 Å². The third kappa shape index (κ3) is 4.83. The minimum absolute atomic E-state index is 0.0817. The maximum Gasteiger partial charge on any atom is 0.313 e. The SMILES string of the molecule is COc1ccc(C)cc1NC(=O)C(=O)NCC(C)(OC)c1ccccc1F.